The van der Waals surface area contributed by atoms with E-state index in [-0.39, 0.29) is 12.0 Å². The maximum absolute atomic E-state index is 11.1. The molecule has 1 fully saturated rings. The van der Waals surface area contributed by atoms with Crippen LogP contribution in [0, 0.1) is 5.92 Å². The number of esters is 1. The van der Waals surface area contributed by atoms with Gasteiger partial charge in [0.25, 0.3) is 0 Å². The molecule has 3 heteroatoms. The number of hydrogen-bond donors (Lipinski definition) is 1. The molecule has 1 saturated carbocycles. The first-order chi connectivity index (χ1) is 5.65. The van der Waals surface area contributed by atoms with Crippen LogP contribution in [0.5, 0.6) is 0 Å². The second-order valence-corrected chi connectivity index (χ2v) is 3.46. The highest BCUT2D eigenvalue weighted by molar-refractivity contribution is 5.75. The minimum atomic E-state index is -0.153. The number of hydrogen-bond acceptors (Lipinski definition) is 3. The molecule has 1 aliphatic carbocycles. The van der Waals surface area contributed by atoms with Crippen LogP contribution >= 0.6 is 0 Å². The monoisotopic (exact) mass is 171 g/mol. The SMILES string of the molecule is CCOC(=O)C(C)NC1CC1C. The molecule has 0 heterocycles. The molecule has 0 amide bonds. The van der Waals surface area contributed by atoms with Gasteiger partial charge in [0, 0.05) is 6.04 Å². The summed E-state index contributed by atoms with van der Waals surface area (Å²) in [6.07, 6.45) is 1.18. The summed E-state index contributed by atoms with van der Waals surface area (Å²) >= 11 is 0. The van der Waals surface area contributed by atoms with Crippen molar-refractivity contribution in [3.8, 4) is 0 Å². The van der Waals surface area contributed by atoms with Crippen molar-refractivity contribution in [2.24, 2.45) is 5.92 Å². The van der Waals surface area contributed by atoms with Gasteiger partial charge in [0.2, 0.25) is 0 Å². The maximum atomic E-state index is 11.1. The lowest BCUT2D eigenvalue weighted by Gasteiger charge is -2.11. The minimum absolute atomic E-state index is 0.142. The predicted octanol–water partition coefficient (Wildman–Crippen LogP) is 0.936. The van der Waals surface area contributed by atoms with Gasteiger partial charge in [-0.25, -0.2) is 0 Å². The van der Waals surface area contributed by atoms with Crippen molar-refractivity contribution >= 4 is 5.97 Å². The van der Waals surface area contributed by atoms with E-state index in [9.17, 15) is 4.79 Å². The molecule has 0 aromatic rings. The Hall–Kier alpha value is -0.570. The van der Waals surface area contributed by atoms with Crippen molar-refractivity contribution in [3.05, 3.63) is 0 Å². The summed E-state index contributed by atoms with van der Waals surface area (Å²) in [4.78, 5) is 11.1. The largest absolute Gasteiger partial charge is 0.465 e. The molecule has 1 aliphatic rings. The lowest BCUT2D eigenvalue weighted by molar-refractivity contribution is -0.145. The highest BCUT2D eigenvalue weighted by Gasteiger charge is 2.34. The third-order valence-corrected chi connectivity index (χ3v) is 2.21. The van der Waals surface area contributed by atoms with E-state index in [0.717, 1.165) is 5.92 Å². The average Bonchev–Trinajstić information content (AvgIpc) is 2.67. The van der Waals surface area contributed by atoms with E-state index in [2.05, 4.69) is 12.2 Å². The third kappa shape index (κ3) is 2.48. The van der Waals surface area contributed by atoms with Crippen LogP contribution in [-0.2, 0) is 9.53 Å². The third-order valence-electron chi connectivity index (χ3n) is 2.21. The summed E-state index contributed by atoms with van der Waals surface area (Å²) in [7, 11) is 0. The van der Waals surface area contributed by atoms with Crippen LogP contribution in [0.15, 0.2) is 0 Å². The number of rotatable bonds is 4. The van der Waals surface area contributed by atoms with E-state index in [1.165, 1.54) is 6.42 Å². The molecule has 0 saturated heterocycles. The van der Waals surface area contributed by atoms with Crippen LogP contribution in [0.1, 0.15) is 27.2 Å². The molecule has 70 valence electrons. The van der Waals surface area contributed by atoms with Crippen LogP contribution in [0.2, 0.25) is 0 Å². The van der Waals surface area contributed by atoms with Gasteiger partial charge in [-0.2, -0.15) is 0 Å². The Morgan fingerprint density at radius 1 is 1.75 bits per heavy atom. The second-order valence-electron chi connectivity index (χ2n) is 3.46. The first-order valence-corrected chi connectivity index (χ1v) is 4.57. The molecule has 1 N–H and O–H groups in total. The Kier molecular flexibility index (Phi) is 3.09. The number of ether oxygens (including phenoxy) is 1. The molecule has 1 rings (SSSR count). The fraction of sp³-hybridized carbons (Fsp3) is 0.889. The number of carbonyl (C=O) groups excluding carboxylic acids is 1. The highest BCUT2D eigenvalue weighted by Crippen LogP contribution is 2.29. The van der Waals surface area contributed by atoms with Crippen LogP contribution < -0.4 is 5.32 Å². The van der Waals surface area contributed by atoms with Gasteiger partial charge in [0.1, 0.15) is 6.04 Å². The Labute approximate surface area is 73.5 Å². The molecule has 12 heavy (non-hydrogen) atoms. The van der Waals surface area contributed by atoms with E-state index < -0.39 is 0 Å². The number of carbonyl (C=O) groups is 1. The highest BCUT2D eigenvalue weighted by atomic mass is 16.5. The Morgan fingerprint density at radius 3 is 2.75 bits per heavy atom. The van der Waals surface area contributed by atoms with Crippen LogP contribution in [0.3, 0.4) is 0 Å². The van der Waals surface area contributed by atoms with Gasteiger partial charge in [-0.15, -0.1) is 0 Å². The number of nitrogens with one attached hydrogen (secondary N) is 1. The van der Waals surface area contributed by atoms with E-state index in [1.807, 2.05) is 13.8 Å². The summed E-state index contributed by atoms with van der Waals surface area (Å²) in [6.45, 7) is 6.31. The Balaban J connectivity index is 2.18. The molecular formula is C9H17NO2. The van der Waals surface area contributed by atoms with Gasteiger partial charge in [-0.1, -0.05) is 6.92 Å². The van der Waals surface area contributed by atoms with Crippen LogP contribution in [-0.4, -0.2) is 24.7 Å². The van der Waals surface area contributed by atoms with Gasteiger partial charge in [0.05, 0.1) is 6.61 Å². The average molecular weight is 171 g/mol. The molecule has 0 radical (unpaired) electrons. The van der Waals surface area contributed by atoms with Crippen molar-refractivity contribution in [3.63, 3.8) is 0 Å². The van der Waals surface area contributed by atoms with E-state index in [0.29, 0.717) is 12.6 Å². The zero-order chi connectivity index (χ0) is 9.14. The zero-order valence-electron chi connectivity index (χ0n) is 7.96. The van der Waals surface area contributed by atoms with Crippen LogP contribution in [0.4, 0.5) is 0 Å². The summed E-state index contributed by atoms with van der Waals surface area (Å²) in [5, 5.41) is 3.21. The van der Waals surface area contributed by atoms with E-state index >= 15 is 0 Å². The summed E-state index contributed by atoms with van der Waals surface area (Å²) in [5.74, 6) is 0.582. The van der Waals surface area contributed by atoms with Gasteiger partial charge in [-0.3, -0.25) is 4.79 Å². The quantitative estimate of drug-likeness (QED) is 0.640. The van der Waals surface area contributed by atoms with Crippen molar-refractivity contribution in [2.75, 3.05) is 6.61 Å². The first kappa shape index (κ1) is 9.52. The molecule has 3 atom stereocenters. The molecule has 0 bridgehead atoms. The van der Waals surface area contributed by atoms with Gasteiger partial charge < -0.3 is 10.1 Å². The summed E-state index contributed by atoms with van der Waals surface area (Å²) in [5.41, 5.74) is 0. The summed E-state index contributed by atoms with van der Waals surface area (Å²) in [6, 6.07) is 0.379. The lowest BCUT2D eigenvalue weighted by Crippen LogP contribution is -2.37. The normalized spacial score (nSPS) is 29.6. The molecule has 0 aliphatic heterocycles. The van der Waals surface area contributed by atoms with Crippen LogP contribution in [0.25, 0.3) is 0 Å². The van der Waals surface area contributed by atoms with Gasteiger partial charge in [-0.05, 0) is 26.2 Å². The topological polar surface area (TPSA) is 38.3 Å². The fourth-order valence-electron chi connectivity index (χ4n) is 1.21. The standard InChI is InChI=1S/C9H17NO2/c1-4-12-9(11)7(3)10-8-5-6(8)2/h6-8,10H,4-5H2,1-3H3. The predicted molar refractivity (Wildman–Crippen MR) is 46.8 cm³/mol. The summed E-state index contributed by atoms with van der Waals surface area (Å²) < 4.78 is 4.87. The maximum Gasteiger partial charge on any atom is 0.322 e. The molecule has 0 aromatic heterocycles. The fourth-order valence-corrected chi connectivity index (χ4v) is 1.21. The van der Waals surface area contributed by atoms with Gasteiger partial charge in [0.15, 0.2) is 0 Å². The molecule has 0 aromatic carbocycles. The lowest BCUT2D eigenvalue weighted by atomic mass is 10.3. The van der Waals surface area contributed by atoms with Crippen molar-refractivity contribution in [1.29, 1.82) is 0 Å². The van der Waals surface area contributed by atoms with Crippen molar-refractivity contribution in [1.82, 2.24) is 5.32 Å². The second kappa shape index (κ2) is 3.90. The first-order valence-electron chi connectivity index (χ1n) is 4.57. The van der Waals surface area contributed by atoms with E-state index in [1.54, 1.807) is 0 Å². The van der Waals surface area contributed by atoms with Crippen molar-refractivity contribution in [2.45, 2.75) is 39.3 Å². The Morgan fingerprint density at radius 2 is 2.33 bits per heavy atom. The smallest absolute Gasteiger partial charge is 0.322 e. The van der Waals surface area contributed by atoms with Gasteiger partial charge >= 0.3 is 5.97 Å². The molecule has 3 nitrogen and oxygen atoms in total. The van der Waals surface area contributed by atoms with E-state index in [4.69, 9.17) is 4.74 Å². The zero-order valence-corrected chi connectivity index (χ0v) is 7.96. The Bertz CT molecular complexity index is 170. The molecule has 3 unspecified atom stereocenters. The molecule has 0 spiro atoms. The molecular weight excluding hydrogens is 154 g/mol. The van der Waals surface area contributed by atoms with Crippen molar-refractivity contribution < 1.29 is 9.53 Å². The minimum Gasteiger partial charge on any atom is -0.465 e.